The first kappa shape index (κ1) is 14.4. The summed E-state index contributed by atoms with van der Waals surface area (Å²) in [4.78, 5) is 19.1. The van der Waals surface area contributed by atoms with Gasteiger partial charge in [-0.1, -0.05) is 0 Å². The number of aromatic nitrogens is 4. The third-order valence-electron chi connectivity index (χ3n) is 2.98. The molecule has 7 nitrogen and oxygen atoms in total. The van der Waals surface area contributed by atoms with Crippen molar-refractivity contribution in [3.8, 4) is 0 Å². The van der Waals surface area contributed by atoms with Crippen LogP contribution in [0.15, 0.2) is 5.38 Å². The average molecular weight is 327 g/mol. The molecular weight excluding hydrogens is 312 g/mol. The Labute approximate surface area is 131 Å². The predicted octanol–water partition coefficient (Wildman–Crippen LogP) is 1.74. The number of morpholine rings is 1. The standard InChI is InChI=1S/C12H15ClN6OS/c1-8-15-9(7-21-8)6-14-11-16-10(13)17-12(18-11)19-2-4-20-5-3-19/h7H,2-6H2,1H3,(H,14,16,17,18). The van der Waals surface area contributed by atoms with Crippen LogP contribution in [0.3, 0.4) is 0 Å². The van der Waals surface area contributed by atoms with Crippen LogP contribution in [0.25, 0.3) is 0 Å². The van der Waals surface area contributed by atoms with Crippen LogP contribution in [0.4, 0.5) is 11.9 Å². The van der Waals surface area contributed by atoms with E-state index in [-0.39, 0.29) is 5.28 Å². The van der Waals surface area contributed by atoms with Gasteiger partial charge in [0.25, 0.3) is 0 Å². The fourth-order valence-electron chi connectivity index (χ4n) is 1.98. The SMILES string of the molecule is Cc1nc(CNc2nc(Cl)nc(N3CCOCC3)n2)cs1. The summed E-state index contributed by atoms with van der Waals surface area (Å²) in [7, 11) is 0. The Hall–Kier alpha value is -1.51. The van der Waals surface area contributed by atoms with Gasteiger partial charge in [-0.05, 0) is 18.5 Å². The van der Waals surface area contributed by atoms with E-state index in [2.05, 4.69) is 25.3 Å². The van der Waals surface area contributed by atoms with E-state index in [4.69, 9.17) is 16.3 Å². The molecule has 3 heterocycles. The maximum absolute atomic E-state index is 5.98. The molecule has 2 aromatic heterocycles. The smallest absolute Gasteiger partial charge is 0.231 e. The highest BCUT2D eigenvalue weighted by Crippen LogP contribution is 2.16. The van der Waals surface area contributed by atoms with Gasteiger partial charge in [0.2, 0.25) is 17.2 Å². The van der Waals surface area contributed by atoms with Gasteiger partial charge in [-0.15, -0.1) is 11.3 Å². The third kappa shape index (κ3) is 3.78. The number of hydrogen-bond acceptors (Lipinski definition) is 8. The van der Waals surface area contributed by atoms with Gasteiger partial charge in [-0.2, -0.15) is 15.0 Å². The van der Waals surface area contributed by atoms with Gasteiger partial charge in [0.1, 0.15) is 0 Å². The van der Waals surface area contributed by atoms with E-state index in [9.17, 15) is 0 Å². The van der Waals surface area contributed by atoms with E-state index in [1.807, 2.05) is 17.2 Å². The molecule has 1 aliphatic rings. The highest BCUT2D eigenvalue weighted by atomic mass is 35.5. The van der Waals surface area contributed by atoms with Crippen molar-refractivity contribution >= 4 is 34.8 Å². The Kier molecular flexibility index (Phi) is 4.47. The molecular formula is C12H15ClN6OS. The molecule has 21 heavy (non-hydrogen) atoms. The van der Waals surface area contributed by atoms with Crippen LogP contribution in [0.2, 0.25) is 5.28 Å². The molecule has 0 atom stereocenters. The van der Waals surface area contributed by atoms with E-state index in [0.29, 0.717) is 31.7 Å². The molecule has 0 aliphatic carbocycles. The second-order valence-electron chi connectivity index (χ2n) is 4.54. The number of aryl methyl sites for hydroxylation is 1. The molecule has 0 spiro atoms. The van der Waals surface area contributed by atoms with Crippen LogP contribution < -0.4 is 10.2 Å². The quantitative estimate of drug-likeness (QED) is 0.917. The average Bonchev–Trinajstić information content (AvgIpc) is 2.91. The van der Waals surface area contributed by atoms with Crippen LogP contribution in [0.5, 0.6) is 0 Å². The lowest BCUT2D eigenvalue weighted by Crippen LogP contribution is -2.37. The van der Waals surface area contributed by atoms with Crippen molar-refractivity contribution in [2.75, 3.05) is 36.5 Å². The Morgan fingerprint density at radius 2 is 2.10 bits per heavy atom. The van der Waals surface area contributed by atoms with Gasteiger partial charge < -0.3 is 15.0 Å². The molecule has 9 heteroatoms. The molecule has 3 rings (SSSR count). The zero-order valence-electron chi connectivity index (χ0n) is 11.5. The lowest BCUT2D eigenvalue weighted by molar-refractivity contribution is 0.122. The van der Waals surface area contributed by atoms with Gasteiger partial charge >= 0.3 is 0 Å². The fourth-order valence-corrected chi connectivity index (χ4v) is 2.75. The van der Waals surface area contributed by atoms with Gasteiger partial charge in [-0.3, -0.25) is 0 Å². The van der Waals surface area contributed by atoms with E-state index in [0.717, 1.165) is 23.8 Å². The molecule has 2 aromatic rings. The van der Waals surface area contributed by atoms with Crippen molar-refractivity contribution in [1.82, 2.24) is 19.9 Å². The van der Waals surface area contributed by atoms with Crippen LogP contribution in [-0.4, -0.2) is 46.2 Å². The van der Waals surface area contributed by atoms with Gasteiger partial charge in [0.15, 0.2) is 0 Å². The van der Waals surface area contributed by atoms with Crippen LogP contribution in [-0.2, 0) is 11.3 Å². The Morgan fingerprint density at radius 3 is 2.81 bits per heavy atom. The van der Waals surface area contributed by atoms with E-state index >= 15 is 0 Å². The minimum Gasteiger partial charge on any atom is -0.378 e. The number of nitrogens with zero attached hydrogens (tertiary/aromatic N) is 5. The predicted molar refractivity (Wildman–Crippen MR) is 82.0 cm³/mol. The summed E-state index contributed by atoms with van der Waals surface area (Å²) < 4.78 is 5.32. The van der Waals surface area contributed by atoms with Gasteiger partial charge in [0, 0.05) is 18.5 Å². The van der Waals surface area contributed by atoms with Crippen molar-refractivity contribution in [1.29, 1.82) is 0 Å². The van der Waals surface area contributed by atoms with Gasteiger partial charge in [0.05, 0.1) is 30.5 Å². The highest BCUT2D eigenvalue weighted by Gasteiger charge is 2.16. The summed E-state index contributed by atoms with van der Waals surface area (Å²) in [6.07, 6.45) is 0. The molecule has 0 unspecified atom stereocenters. The number of halogens is 1. The summed E-state index contributed by atoms with van der Waals surface area (Å²) in [5.74, 6) is 1.04. The number of rotatable bonds is 4. The number of ether oxygens (including phenoxy) is 1. The van der Waals surface area contributed by atoms with Crippen molar-refractivity contribution in [3.05, 3.63) is 21.4 Å². The molecule has 1 N–H and O–H groups in total. The minimum atomic E-state index is 0.184. The Morgan fingerprint density at radius 1 is 1.29 bits per heavy atom. The van der Waals surface area contributed by atoms with E-state index in [1.54, 1.807) is 11.3 Å². The second kappa shape index (κ2) is 6.50. The molecule has 112 valence electrons. The lowest BCUT2D eigenvalue weighted by atomic mass is 10.4. The molecule has 0 saturated carbocycles. The van der Waals surface area contributed by atoms with Crippen molar-refractivity contribution in [2.24, 2.45) is 0 Å². The minimum absolute atomic E-state index is 0.184. The Bertz CT molecular complexity index is 616. The molecule has 1 fully saturated rings. The summed E-state index contributed by atoms with van der Waals surface area (Å²) in [5, 5.41) is 6.36. The second-order valence-corrected chi connectivity index (χ2v) is 5.94. The van der Waals surface area contributed by atoms with E-state index in [1.165, 1.54) is 0 Å². The summed E-state index contributed by atoms with van der Waals surface area (Å²) >= 11 is 7.60. The molecule has 1 saturated heterocycles. The first-order chi connectivity index (χ1) is 10.2. The van der Waals surface area contributed by atoms with Crippen molar-refractivity contribution < 1.29 is 4.74 Å². The highest BCUT2D eigenvalue weighted by molar-refractivity contribution is 7.09. The zero-order valence-corrected chi connectivity index (χ0v) is 13.1. The number of thiazole rings is 1. The number of nitrogens with one attached hydrogen (secondary N) is 1. The van der Waals surface area contributed by atoms with Crippen molar-refractivity contribution in [3.63, 3.8) is 0 Å². The normalized spacial score (nSPS) is 15.2. The topological polar surface area (TPSA) is 76.1 Å². The molecule has 0 radical (unpaired) electrons. The summed E-state index contributed by atoms with van der Waals surface area (Å²) in [5.41, 5.74) is 0.960. The molecule has 0 bridgehead atoms. The lowest BCUT2D eigenvalue weighted by Gasteiger charge is -2.26. The first-order valence-electron chi connectivity index (χ1n) is 6.60. The zero-order chi connectivity index (χ0) is 14.7. The van der Waals surface area contributed by atoms with Crippen LogP contribution in [0, 0.1) is 6.92 Å². The van der Waals surface area contributed by atoms with Crippen LogP contribution >= 0.6 is 22.9 Å². The first-order valence-corrected chi connectivity index (χ1v) is 7.85. The monoisotopic (exact) mass is 326 g/mol. The maximum Gasteiger partial charge on any atom is 0.231 e. The van der Waals surface area contributed by atoms with Crippen LogP contribution in [0.1, 0.15) is 10.7 Å². The summed E-state index contributed by atoms with van der Waals surface area (Å²) in [6.45, 7) is 5.39. The molecule has 1 aliphatic heterocycles. The maximum atomic E-state index is 5.98. The molecule has 0 aromatic carbocycles. The summed E-state index contributed by atoms with van der Waals surface area (Å²) in [6, 6.07) is 0. The molecule has 0 amide bonds. The fraction of sp³-hybridized carbons (Fsp3) is 0.500. The van der Waals surface area contributed by atoms with Crippen molar-refractivity contribution in [2.45, 2.75) is 13.5 Å². The van der Waals surface area contributed by atoms with Gasteiger partial charge in [-0.25, -0.2) is 4.98 Å². The number of anilines is 2. The number of hydrogen-bond donors (Lipinski definition) is 1. The Balaban J connectivity index is 1.71. The van der Waals surface area contributed by atoms with E-state index < -0.39 is 0 Å². The largest absolute Gasteiger partial charge is 0.378 e. The third-order valence-corrected chi connectivity index (χ3v) is 3.98.